The molecule has 3 unspecified atom stereocenters. The van der Waals surface area contributed by atoms with Gasteiger partial charge in [-0.3, -0.25) is 0 Å². The minimum absolute atomic E-state index is 0.651. The Bertz CT molecular complexity index is 594. The van der Waals surface area contributed by atoms with E-state index in [0.29, 0.717) is 6.04 Å². The lowest BCUT2D eigenvalue weighted by atomic mass is 9.93. The van der Waals surface area contributed by atoms with Gasteiger partial charge in [0.1, 0.15) is 5.82 Å². The quantitative estimate of drug-likeness (QED) is 0.912. The summed E-state index contributed by atoms with van der Waals surface area (Å²) in [6.07, 6.45) is 3.18. The van der Waals surface area contributed by atoms with Crippen LogP contribution in [-0.4, -0.2) is 30.7 Å². The first-order chi connectivity index (χ1) is 9.38. The number of nitrogens with zero attached hydrogens (tertiary/aromatic N) is 2. The van der Waals surface area contributed by atoms with Crippen molar-refractivity contribution in [3.05, 3.63) is 23.7 Å². The number of fused-ring (bicyclic) bond motifs is 2. The first-order valence-corrected chi connectivity index (χ1v) is 8.06. The van der Waals surface area contributed by atoms with E-state index in [4.69, 9.17) is 4.98 Å². The summed E-state index contributed by atoms with van der Waals surface area (Å²) in [6, 6.07) is 5.00. The molecule has 1 N–H and O–H groups in total. The molecule has 0 bridgehead atoms. The van der Waals surface area contributed by atoms with E-state index in [1.165, 1.54) is 35.4 Å². The molecule has 2 aromatic heterocycles. The highest BCUT2D eigenvalue weighted by Gasteiger charge is 2.43. The van der Waals surface area contributed by atoms with Crippen LogP contribution >= 0.6 is 11.3 Å². The predicted octanol–water partition coefficient (Wildman–Crippen LogP) is 2.73. The van der Waals surface area contributed by atoms with Crippen LogP contribution in [0, 0.1) is 11.8 Å². The zero-order valence-corrected chi connectivity index (χ0v) is 12.0. The molecule has 19 heavy (non-hydrogen) atoms. The van der Waals surface area contributed by atoms with E-state index in [1.54, 1.807) is 0 Å². The van der Waals surface area contributed by atoms with Crippen molar-refractivity contribution in [1.29, 1.82) is 0 Å². The molecule has 0 aromatic carbocycles. The van der Waals surface area contributed by atoms with Gasteiger partial charge in [-0.05, 0) is 35.8 Å². The van der Waals surface area contributed by atoms with Gasteiger partial charge in [-0.15, -0.1) is 11.3 Å². The molecular formula is C15H19N3S. The monoisotopic (exact) mass is 273 g/mol. The number of nitrogens with one attached hydrogen (secondary N) is 1. The first-order valence-electron chi connectivity index (χ1n) is 7.18. The zero-order chi connectivity index (χ0) is 12.8. The number of hydrogen-bond acceptors (Lipinski definition) is 4. The van der Waals surface area contributed by atoms with E-state index in [1.807, 2.05) is 17.5 Å². The van der Waals surface area contributed by atoms with Gasteiger partial charge in [0.2, 0.25) is 0 Å². The van der Waals surface area contributed by atoms with Crippen molar-refractivity contribution in [3.8, 4) is 0 Å². The second-order valence-electron chi connectivity index (χ2n) is 5.68. The lowest BCUT2D eigenvalue weighted by molar-refractivity contribution is 0.441. The van der Waals surface area contributed by atoms with E-state index in [2.05, 4.69) is 34.7 Å². The Kier molecular flexibility index (Phi) is 2.74. The summed E-state index contributed by atoms with van der Waals surface area (Å²) in [7, 11) is 0. The Morgan fingerprint density at radius 2 is 2.37 bits per heavy atom. The smallest absolute Gasteiger partial charge is 0.137 e. The molecule has 4 heteroatoms. The van der Waals surface area contributed by atoms with Gasteiger partial charge in [-0.2, -0.15) is 0 Å². The van der Waals surface area contributed by atoms with Gasteiger partial charge in [-0.1, -0.05) is 6.92 Å². The second kappa shape index (κ2) is 4.46. The van der Waals surface area contributed by atoms with Crippen LogP contribution in [0.4, 0.5) is 5.82 Å². The van der Waals surface area contributed by atoms with Crippen molar-refractivity contribution >= 4 is 27.2 Å². The summed E-state index contributed by atoms with van der Waals surface area (Å²) in [5.74, 6) is 2.82. The molecule has 0 radical (unpaired) electrons. The number of pyridine rings is 1. The maximum atomic E-state index is 4.70. The standard InChI is InChI=1S/C15H19N3S/c1-2-13-12-8-16-7-10(12)9-18(13)15-11-4-6-19-14(11)3-5-17-15/h3-6,10,12-13,16H,2,7-9H2,1H3. The van der Waals surface area contributed by atoms with E-state index in [0.717, 1.165) is 18.4 Å². The molecule has 0 aliphatic carbocycles. The molecule has 2 aliphatic rings. The van der Waals surface area contributed by atoms with E-state index < -0.39 is 0 Å². The van der Waals surface area contributed by atoms with E-state index in [-0.39, 0.29) is 0 Å². The first kappa shape index (κ1) is 11.7. The van der Waals surface area contributed by atoms with Gasteiger partial charge in [0.05, 0.1) is 0 Å². The van der Waals surface area contributed by atoms with Crippen molar-refractivity contribution in [2.45, 2.75) is 19.4 Å². The summed E-state index contributed by atoms with van der Waals surface area (Å²) in [6.45, 7) is 5.83. The third kappa shape index (κ3) is 1.70. The lowest BCUT2D eigenvalue weighted by Crippen LogP contribution is -2.35. The fourth-order valence-corrected chi connectivity index (χ4v) is 4.67. The summed E-state index contributed by atoms with van der Waals surface area (Å²) < 4.78 is 1.36. The van der Waals surface area contributed by atoms with E-state index >= 15 is 0 Å². The van der Waals surface area contributed by atoms with Crippen LogP contribution < -0.4 is 10.2 Å². The largest absolute Gasteiger partial charge is 0.352 e. The molecule has 3 nitrogen and oxygen atoms in total. The normalized spacial score (nSPS) is 30.2. The van der Waals surface area contributed by atoms with Crippen LogP contribution in [0.25, 0.3) is 10.1 Å². The SMILES string of the molecule is CCC1C2CNCC2CN1c1nccc2sccc12. The average molecular weight is 273 g/mol. The van der Waals surface area contributed by atoms with Crippen LogP contribution in [0.5, 0.6) is 0 Å². The maximum absolute atomic E-state index is 4.70. The molecule has 4 heterocycles. The van der Waals surface area contributed by atoms with Crippen LogP contribution in [-0.2, 0) is 0 Å². The van der Waals surface area contributed by atoms with Crippen LogP contribution in [0.15, 0.2) is 23.7 Å². The molecular weight excluding hydrogens is 254 g/mol. The third-order valence-electron chi connectivity index (χ3n) is 4.77. The Morgan fingerprint density at radius 1 is 1.42 bits per heavy atom. The molecule has 0 spiro atoms. The Hall–Kier alpha value is -1.13. The fraction of sp³-hybridized carbons (Fsp3) is 0.533. The van der Waals surface area contributed by atoms with Crippen molar-refractivity contribution in [3.63, 3.8) is 0 Å². The minimum atomic E-state index is 0.651. The fourth-order valence-electron chi connectivity index (χ4n) is 3.90. The highest BCUT2D eigenvalue weighted by Crippen LogP contribution is 2.39. The van der Waals surface area contributed by atoms with Crippen LogP contribution in [0.1, 0.15) is 13.3 Å². The summed E-state index contributed by atoms with van der Waals surface area (Å²) in [5.41, 5.74) is 0. The number of thiophene rings is 1. The van der Waals surface area contributed by atoms with Crippen molar-refractivity contribution in [2.24, 2.45) is 11.8 Å². The number of hydrogen-bond donors (Lipinski definition) is 1. The molecule has 2 aliphatic heterocycles. The number of aromatic nitrogens is 1. The third-order valence-corrected chi connectivity index (χ3v) is 5.65. The summed E-state index contributed by atoms with van der Waals surface area (Å²) >= 11 is 1.81. The van der Waals surface area contributed by atoms with Crippen molar-refractivity contribution in [2.75, 3.05) is 24.5 Å². The second-order valence-corrected chi connectivity index (χ2v) is 6.62. The van der Waals surface area contributed by atoms with Gasteiger partial charge in [0.25, 0.3) is 0 Å². The van der Waals surface area contributed by atoms with Crippen LogP contribution in [0.2, 0.25) is 0 Å². The lowest BCUT2D eigenvalue weighted by Gasteiger charge is -2.28. The molecule has 2 fully saturated rings. The molecule has 100 valence electrons. The summed E-state index contributed by atoms with van der Waals surface area (Å²) in [5, 5.41) is 7.06. The predicted molar refractivity (Wildman–Crippen MR) is 80.9 cm³/mol. The minimum Gasteiger partial charge on any atom is -0.352 e. The van der Waals surface area contributed by atoms with E-state index in [9.17, 15) is 0 Å². The highest BCUT2D eigenvalue weighted by atomic mass is 32.1. The maximum Gasteiger partial charge on any atom is 0.137 e. The molecule has 0 saturated carbocycles. The molecule has 3 atom stereocenters. The molecule has 2 aromatic rings. The Labute approximate surface area is 117 Å². The molecule has 0 amide bonds. The Morgan fingerprint density at radius 3 is 3.26 bits per heavy atom. The average Bonchev–Trinajstić information content (AvgIpc) is 3.12. The van der Waals surface area contributed by atoms with Crippen LogP contribution in [0.3, 0.4) is 0 Å². The van der Waals surface area contributed by atoms with Gasteiger partial charge in [0.15, 0.2) is 0 Å². The van der Waals surface area contributed by atoms with Gasteiger partial charge in [-0.25, -0.2) is 4.98 Å². The summed E-state index contributed by atoms with van der Waals surface area (Å²) in [4.78, 5) is 7.27. The topological polar surface area (TPSA) is 28.2 Å². The van der Waals surface area contributed by atoms with Gasteiger partial charge in [0, 0.05) is 42.0 Å². The highest BCUT2D eigenvalue weighted by molar-refractivity contribution is 7.17. The van der Waals surface area contributed by atoms with Gasteiger partial charge < -0.3 is 10.2 Å². The number of rotatable bonds is 2. The van der Waals surface area contributed by atoms with Gasteiger partial charge >= 0.3 is 0 Å². The van der Waals surface area contributed by atoms with Crippen molar-refractivity contribution < 1.29 is 0 Å². The Balaban J connectivity index is 1.77. The van der Waals surface area contributed by atoms with Crippen molar-refractivity contribution in [1.82, 2.24) is 10.3 Å². The molecule has 4 rings (SSSR count). The zero-order valence-electron chi connectivity index (χ0n) is 11.2. The number of anilines is 1. The molecule has 2 saturated heterocycles.